The summed E-state index contributed by atoms with van der Waals surface area (Å²) in [4.78, 5) is 14.6. The molecule has 1 saturated heterocycles. The molecule has 2 aromatic carbocycles. The summed E-state index contributed by atoms with van der Waals surface area (Å²) in [5.74, 6) is 1.19. The number of rotatable bonds is 8. The van der Waals surface area contributed by atoms with Crippen molar-refractivity contribution in [1.82, 2.24) is 4.90 Å². The quantitative estimate of drug-likeness (QED) is 0.556. The molecule has 0 aliphatic carbocycles. The van der Waals surface area contributed by atoms with E-state index in [1.807, 2.05) is 35.7 Å². The molecule has 4 rings (SSSR count). The van der Waals surface area contributed by atoms with E-state index in [4.69, 9.17) is 9.47 Å². The van der Waals surface area contributed by atoms with Gasteiger partial charge in [0.25, 0.3) is 10.0 Å². The molecular formula is C22H22N2O5S2. The maximum Gasteiger partial charge on any atom is 0.261 e. The topological polar surface area (TPSA) is 84.9 Å². The predicted molar refractivity (Wildman–Crippen MR) is 119 cm³/mol. The number of para-hydroxylation sites is 1. The molecule has 1 amide bonds. The van der Waals surface area contributed by atoms with Gasteiger partial charge in [0, 0.05) is 24.4 Å². The molecule has 0 saturated carbocycles. The highest BCUT2D eigenvalue weighted by Crippen LogP contribution is 2.27. The number of morpholine rings is 1. The van der Waals surface area contributed by atoms with E-state index in [0.29, 0.717) is 43.3 Å². The normalized spacial score (nSPS) is 14.5. The number of thiophene rings is 1. The van der Waals surface area contributed by atoms with Crippen LogP contribution in [0.1, 0.15) is 4.88 Å². The van der Waals surface area contributed by atoms with Crippen molar-refractivity contribution in [3.63, 3.8) is 0 Å². The van der Waals surface area contributed by atoms with Gasteiger partial charge in [0.2, 0.25) is 5.91 Å². The van der Waals surface area contributed by atoms with E-state index >= 15 is 0 Å². The highest BCUT2D eigenvalue weighted by molar-refractivity contribution is 7.92. The average Bonchev–Trinajstić information content (AvgIpc) is 3.20. The van der Waals surface area contributed by atoms with Gasteiger partial charge in [-0.1, -0.05) is 18.2 Å². The van der Waals surface area contributed by atoms with Crippen LogP contribution in [0.25, 0.3) is 0 Å². The largest absolute Gasteiger partial charge is 0.457 e. The lowest BCUT2D eigenvalue weighted by Gasteiger charge is -2.26. The van der Waals surface area contributed by atoms with Gasteiger partial charge in [0.05, 0.1) is 17.2 Å². The summed E-state index contributed by atoms with van der Waals surface area (Å²) in [5.41, 5.74) is 0.537. The van der Waals surface area contributed by atoms with Crippen molar-refractivity contribution < 1.29 is 22.7 Å². The number of sulfonamides is 1. The lowest BCUT2D eigenvalue weighted by atomic mass is 10.3. The van der Waals surface area contributed by atoms with Crippen molar-refractivity contribution in [2.45, 2.75) is 11.3 Å². The van der Waals surface area contributed by atoms with Crippen LogP contribution in [0.5, 0.6) is 11.5 Å². The molecule has 1 aliphatic heterocycles. The maximum atomic E-state index is 12.9. The molecule has 7 nitrogen and oxygen atoms in total. The fourth-order valence-corrected chi connectivity index (χ4v) is 5.14. The number of ether oxygens (including phenoxy) is 2. The Morgan fingerprint density at radius 1 is 1.03 bits per heavy atom. The van der Waals surface area contributed by atoms with Gasteiger partial charge in [-0.2, -0.15) is 0 Å². The molecule has 0 radical (unpaired) electrons. The number of hydrogen-bond acceptors (Lipinski definition) is 6. The molecular weight excluding hydrogens is 436 g/mol. The summed E-state index contributed by atoms with van der Waals surface area (Å²) in [6, 6.07) is 17.3. The summed E-state index contributed by atoms with van der Waals surface area (Å²) >= 11 is 1.46. The first-order chi connectivity index (χ1) is 15.0. The second-order valence-electron chi connectivity index (χ2n) is 6.93. The first-order valence-corrected chi connectivity index (χ1v) is 12.2. The van der Waals surface area contributed by atoms with Crippen LogP contribution in [-0.2, 0) is 26.0 Å². The fraction of sp³-hybridized carbons (Fsp3) is 0.227. The standard InChI is InChI=1S/C22H22N2O5S2/c25-22-16-28-14-13-24(22)12-10-21-20(11-15-30-21)23-31(26,27)19-8-6-18(7-9-19)29-17-4-2-1-3-5-17/h1-9,11,15,23H,10,12-14,16H2. The highest BCUT2D eigenvalue weighted by Gasteiger charge is 2.20. The van der Waals surface area contributed by atoms with E-state index in [2.05, 4.69) is 4.72 Å². The van der Waals surface area contributed by atoms with Crippen molar-refractivity contribution in [3.05, 3.63) is 70.9 Å². The number of carbonyl (C=O) groups is 1. The molecule has 31 heavy (non-hydrogen) atoms. The highest BCUT2D eigenvalue weighted by atomic mass is 32.2. The van der Waals surface area contributed by atoms with Crippen molar-refractivity contribution >= 4 is 33.0 Å². The zero-order chi connectivity index (χ0) is 21.7. The molecule has 0 spiro atoms. The summed E-state index contributed by atoms with van der Waals surface area (Å²) in [7, 11) is -3.75. The fourth-order valence-electron chi connectivity index (χ4n) is 3.16. The summed E-state index contributed by atoms with van der Waals surface area (Å²) in [6.45, 7) is 1.72. The van der Waals surface area contributed by atoms with Crippen LogP contribution in [0, 0.1) is 0 Å². The van der Waals surface area contributed by atoms with Gasteiger partial charge < -0.3 is 14.4 Å². The second-order valence-corrected chi connectivity index (χ2v) is 9.62. The smallest absolute Gasteiger partial charge is 0.261 e. The Hall–Kier alpha value is -2.88. The van der Waals surface area contributed by atoms with E-state index < -0.39 is 10.0 Å². The number of nitrogens with one attached hydrogen (secondary N) is 1. The molecule has 2 heterocycles. The Morgan fingerprint density at radius 2 is 1.77 bits per heavy atom. The molecule has 1 aliphatic rings. The van der Waals surface area contributed by atoms with Gasteiger partial charge in [-0.05, 0) is 47.8 Å². The van der Waals surface area contributed by atoms with Crippen LogP contribution < -0.4 is 9.46 Å². The summed E-state index contributed by atoms with van der Waals surface area (Å²) in [5, 5.41) is 1.84. The Bertz CT molecular complexity index is 1130. The second kappa shape index (κ2) is 9.51. The zero-order valence-electron chi connectivity index (χ0n) is 16.7. The maximum absolute atomic E-state index is 12.9. The van der Waals surface area contributed by atoms with Gasteiger partial charge in [-0.25, -0.2) is 8.42 Å². The van der Waals surface area contributed by atoms with Crippen molar-refractivity contribution in [2.75, 3.05) is 31.0 Å². The Balaban J connectivity index is 1.41. The average molecular weight is 459 g/mol. The first-order valence-electron chi connectivity index (χ1n) is 9.79. The lowest BCUT2D eigenvalue weighted by molar-refractivity contribution is -0.142. The van der Waals surface area contributed by atoms with E-state index in [1.54, 1.807) is 23.1 Å². The Labute approximate surface area is 185 Å². The third kappa shape index (κ3) is 5.43. The van der Waals surface area contributed by atoms with Crippen LogP contribution in [-0.4, -0.2) is 45.5 Å². The minimum atomic E-state index is -3.75. The molecule has 1 aromatic heterocycles. The molecule has 9 heteroatoms. The Morgan fingerprint density at radius 3 is 2.52 bits per heavy atom. The molecule has 0 atom stereocenters. The summed E-state index contributed by atoms with van der Waals surface area (Å²) < 4.78 is 39.2. The minimum Gasteiger partial charge on any atom is -0.457 e. The van der Waals surface area contributed by atoms with Crippen molar-refractivity contribution in [2.24, 2.45) is 0 Å². The number of carbonyl (C=O) groups excluding carboxylic acids is 1. The minimum absolute atomic E-state index is 0.0391. The summed E-state index contributed by atoms with van der Waals surface area (Å²) in [6.07, 6.45) is 0.575. The molecule has 0 bridgehead atoms. The SMILES string of the molecule is O=C1COCCN1CCc1sccc1NS(=O)(=O)c1ccc(Oc2ccccc2)cc1. The lowest BCUT2D eigenvalue weighted by Crippen LogP contribution is -2.42. The van der Waals surface area contributed by atoms with Crippen LogP contribution >= 0.6 is 11.3 Å². The van der Waals surface area contributed by atoms with Gasteiger partial charge in [-0.3, -0.25) is 9.52 Å². The number of nitrogens with zero attached hydrogens (tertiary/aromatic N) is 1. The van der Waals surface area contributed by atoms with Gasteiger partial charge >= 0.3 is 0 Å². The van der Waals surface area contributed by atoms with Crippen molar-refractivity contribution in [1.29, 1.82) is 0 Å². The van der Waals surface area contributed by atoms with Crippen LogP contribution in [0.2, 0.25) is 0 Å². The first kappa shape index (κ1) is 21.4. The van der Waals surface area contributed by atoms with Crippen LogP contribution in [0.3, 0.4) is 0 Å². The van der Waals surface area contributed by atoms with E-state index in [0.717, 1.165) is 4.88 Å². The zero-order valence-corrected chi connectivity index (χ0v) is 18.3. The van der Waals surface area contributed by atoms with Crippen molar-refractivity contribution in [3.8, 4) is 11.5 Å². The third-order valence-electron chi connectivity index (χ3n) is 4.80. The van der Waals surface area contributed by atoms with E-state index in [9.17, 15) is 13.2 Å². The number of anilines is 1. The van der Waals surface area contributed by atoms with Gasteiger partial charge in [0.15, 0.2) is 0 Å². The molecule has 1 N–H and O–H groups in total. The molecule has 0 unspecified atom stereocenters. The van der Waals surface area contributed by atoms with Gasteiger partial charge in [-0.15, -0.1) is 11.3 Å². The predicted octanol–water partition coefficient (Wildman–Crippen LogP) is 3.74. The van der Waals surface area contributed by atoms with E-state index in [1.165, 1.54) is 23.5 Å². The monoisotopic (exact) mass is 458 g/mol. The number of amides is 1. The number of benzene rings is 2. The van der Waals surface area contributed by atoms with E-state index in [-0.39, 0.29) is 17.4 Å². The third-order valence-corrected chi connectivity index (χ3v) is 7.16. The van der Waals surface area contributed by atoms with Gasteiger partial charge in [0.1, 0.15) is 18.1 Å². The molecule has 3 aromatic rings. The molecule has 162 valence electrons. The number of hydrogen-bond donors (Lipinski definition) is 1. The van der Waals surface area contributed by atoms with Crippen LogP contribution in [0.15, 0.2) is 70.9 Å². The van der Waals surface area contributed by atoms with Crippen LogP contribution in [0.4, 0.5) is 5.69 Å². The molecule has 1 fully saturated rings. The Kier molecular flexibility index (Phi) is 6.55.